The highest BCUT2D eigenvalue weighted by molar-refractivity contribution is 5.70. The molecular weight excluding hydrogens is 262 g/mol. The van der Waals surface area contributed by atoms with Crippen molar-refractivity contribution in [1.29, 1.82) is 10.5 Å². The zero-order valence-electron chi connectivity index (χ0n) is 12.2. The monoisotopic (exact) mass is 277 g/mol. The molecule has 0 aliphatic rings. The van der Waals surface area contributed by atoms with Crippen molar-refractivity contribution >= 4 is 0 Å². The molecule has 1 heterocycles. The molecule has 0 radical (unpaired) electrons. The Kier molecular flexibility index (Phi) is 3.65. The third-order valence-electron chi connectivity index (χ3n) is 3.25. The van der Waals surface area contributed by atoms with Gasteiger partial charge in [0, 0.05) is 17.3 Å². The number of rotatable bonds is 1. The van der Waals surface area contributed by atoms with Crippen LogP contribution >= 0.6 is 0 Å². The predicted octanol–water partition coefficient (Wildman–Crippen LogP) is 3.01. The molecule has 2 rings (SSSR count). The molecule has 1 aromatic carbocycles. The van der Waals surface area contributed by atoms with E-state index in [-0.39, 0.29) is 16.7 Å². The molecule has 0 N–H and O–H groups in total. The summed E-state index contributed by atoms with van der Waals surface area (Å²) in [7, 11) is 0. The molecule has 0 spiro atoms. The van der Waals surface area contributed by atoms with Crippen LogP contribution in [0.1, 0.15) is 31.9 Å². The molecule has 1 aromatic heterocycles. The Labute approximate surface area is 123 Å². The predicted molar refractivity (Wildman–Crippen MR) is 80.6 cm³/mol. The van der Waals surface area contributed by atoms with Gasteiger partial charge in [0.2, 0.25) is 0 Å². The van der Waals surface area contributed by atoms with Crippen LogP contribution in [0.15, 0.2) is 41.3 Å². The van der Waals surface area contributed by atoms with Gasteiger partial charge in [0.05, 0.1) is 11.6 Å². The van der Waals surface area contributed by atoms with Gasteiger partial charge in [-0.25, -0.2) is 0 Å². The van der Waals surface area contributed by atoms with Gasteiger partial charge in [-0.15, -0.1) is 0 Å². The van der Waals surface area contributed by atoms with Crippen LogP contribution in [-0.4, -0.2) is 4.57 Å². The third kappa shape index (κ3) is 2.70. The van der Waals surface area contributed by atoms with Crippen LogP contribution in [0, 0.1) is 22.7 Å². The van der Waals surface area contributed by atoms with Gasteiger partial charge in [-0.05, 0) is 44.5 Å². The van der Waals surface area contributed by atoms with E-state index in [9.17, 15) is 10.1 Å². The minimum absolute atomic E-state index is 0.122. The summed E-state index contributed by atoms with van der Waals surface area (Å²) >= 11 is 0. The lowest BCUT2D eigenvalue weighted by Gasteiger charge is -2.23. The average Bonchev–Trinajstić information content (AvgIpc) is 2.45. The van der Waals surface area contributed by atoms with Gasteiger partial charge in [0.25, 0.3) is 5.56 Å². The standard InChI is InChI=1S/C17H15N3O/c1-17(2,3)20-9-8-14(15(11-19)16(20)21)13-6-4-12(10-18)5-7-13/h4-9H,1-3H3. The second-order valence-corrected chi connectivity index (χ2v) is 5.75. The molecule has 104 valence electrons. The first kappa shape index (κ1) is 14.6. The number of hydrogen-bond donors (Lipinski definition) is 0. The molecule has 0 atom stereocenters. The zero-order chi connectivity index (χ0) is 15.6. The first-order valence-electron chi connectivity index (χ1n) is 6.55. The number of benzene rings is 1. The van der Waals surface area contributed by atoms with Crippen molar-refractivity contribution in [3.8, 4) is 23.3 Å². The molecule has 0 bridgehead atoms. The van der Waals surface area contributed by atoms with Crippen LogP contribution in [0.5, 0.6) is 0 Å². The van der Waals surface area contributed by atoms with E-state index in [1.165, 1.54) is 0 Å². The van der Waals surface area contributed by atoms with Crippen molar-refractivity contribution in [1.82, 2.24) is 4.57 Å². The smallest absolute Gasteiger partial charge is 0.269 e. The van der Waals surface area contributed by atoms with E-state index in [1.54, 1.807) is 41.1 Å². The summed E-state index contributed by atoms with van der Waals surface area (Å²) in [5.41, 5.74) is 1.33. The van der Waals surface area contributed by atoms with Crippen molar-refractivity contribution in [2.24, 2.45) is 0 Å². The van der Waals surface area contributed by atoms with Crippen LogP contribution in [0.3, 0.4) is 0 Å². The summed E-state index contributed by atoms with van der Waals surface area (Å²) in [6.45, 7) is 5.74. The number of pyridine rings is 1. The number of nitrogens with zero attached hydrogens (tertiary/aromatic N) is 3. The van der Waals surface area contributed by atoms with Crippen LogP contribution in [0.4, 0.5) is 0 Å². The van der Waals surface area contributed by atoms with Crippen molar-refractivity contribution in [2.45, 2.75) is 26.3 Å². The number of nitriles is 2. The first-order valence-corrected chi connectivity index (χ1v) is 6.55. The second kappa shape index (κ2) is 5.26. The molecule has 21 heavy (non-hydrogen) atoms. The molecular formula is C17H15N3O. The Balaban J connectivity index is 2.66. The van der Waals surface area contributed by atoms with Crippen LogP contribution < -0.4 is 5.56 Å². The van der Waals surface area contributed by atoms with Crippen molar-refractivity contribution in [3.05, 3.63) is 58.0 Å². The summed E-state index contributed by atoms with van der Waals surface area (Å²) in [6.07, 6.45) is 1.71. The minimum Gasteiger partial charge on any atom is -0.309 e. The van der Waals surface area contributed by atoms with Crippen molar-refractivity contribution in [3.63, 3.8) is 0 Å². The summed E-state index contributed by atoms with van der Waals surface area (Å²) in [4.78, 5) is 12.5. The van der Waals surface area contributed by atoms with E-state index < -0.39 is 0 Å². The van der Waals surface area contributed by atoms with Gasteiger partial charge in [0.1, 0.15) is 11.6 Å². The normalized spacial score (nSPS) is 10.7. The van der Waals surface area contributed by atoms with Crippen molar-refractivity contribution in [2.75, 3.05) is 0 Å². The molecule has 0 saturated heterocycles. The topological polar surface area (TPSA) is 69.6 Å². The maximum absolute atomic E-state index is 12.5. The summed E-state index contributed by atoms with van der Waals surface area (Å²) in [6, 6.07) is 12.7. The van der Waals surface area contributed by atoms with Gasteiger partial charge >= 0.3 is 0 Å². The molecule has 2 aromatic rings. The van der Waals surface area contributed by atoms with Crippen LogP contribution in [0.25, 0.3) is 11.1 Å². The molecule has 0 aliphatic heterocycles. The fourth-order valence-corrected chi connectivity index (χ4v) is 2.14. The largest absolute Gasteiger partial charge is 0.309 e. The number of hydrogen-bond acceptors (Lipinski definition) is 3. The van der Waals surface area contributed by atoms with E-state index in [2.05, 4.69) is 0 Å². The van der Waals surface area contributed by atoms with Gasteiger partial charge in [-0.2, -0.15) is 10.5 Å². The van der Waals surface area contributed by atoms with E-state index >= 15 is 0 Å². The highest BCUT2D eigenvalue weighted by Crippen LogP contribution is 2.23. The van der Waals surface area contributed by atoms with Crippen LogP contribution in [-0.2, 0) is 5.54 Å². The SMILES string of the molecule is CC(C)(C)n1ccc(-c2ccc(C#N)cc2)c(C#N)c1=O. The van der Waals surface area contributed by atoms with E-state index in [0.29, 0.717) is 11.1 Å². The first-order chi connectivity index (χ1) is 9.88. The quantitative estimate of drug-likeness (QED) is 0.804. The molecule has 0 fully saturated rings. The minimum atomic E-state index is -0.383. The Morgan fingerprint density at radius 2 is 1.62 bits per heavy atom. The Morgan fingerprint density at radius 3 is 2.10 bits per heavy atom. The molecule has 0 saturated carbocycles. The highest BCUT2D eigenvalue weighted by Gasteiger charge is 2.19. The summed E-state index contributed by atoms with van der Waals surface area (Å²) in [5, 5.41) is 18.2. The van der Waals surface area contributed by atoms with E-state index in [0.717, 1.165) is 5.56 Å². The molecule has 0 amide bonds. The third-order valence-corrected chi connectivity index (χ3v) is 3.25. The fraction of sp³-hybridized carbons (Fsp3) is 0.235. The Bertz CT molecular complexity index is 810. The zero-order valence-corrected chi connectivity index (χ0v) is 12.2. The molecule has 0 aliphatic carbocycles. The van der Waals surface area contributed by atoms with Gasteiger partial charge in [0.15, 0.2) is 0 Å². The molecule has 4 nitrogen and oxygen atoms in total. The fourth-order valence-electron chi connectivity index (χ4n) is 2.14. The highest BCUT2D eigenvalue weighted by atomic mass is 16.1. The average molecular weight is 277 g/mol. The van der Waals surface area contributed by atoms with Crippen LogP contribution in [0.2, 0.25) is 0 Å². The van der Waals surface area contributed by atoms with Gasteiger partial charge in [-0.1, -0.05) is 12.1 Å². The van der Waals surface area contributed by atoms with Gasteiger partial charge < -0.3 is 4.57 Å². The Hall–Kier alpha value is -2.85. The lowest BCUT2D eigenvalue weighted by Crippen LogP contribution is -2.34. The Morgan fingerprint density at radius 1 is 1.00 bits per heavy atom. The molecule has 4 heteroatoms. The maximum atomic E-state index is 12.5. The summed E-state index contributed by atoms with van der Waals surface area (Å²) < 4.78 is 1.55. The molecule has 0 unspecified atom stereocenters. The maximum Gasteiger partial charge on any atom is 0.269 e. The van der Waals surface area contributed by atoms with E-state index in [4.69, 9.17) is 5.26 Å². The second-order valence-electron chi connectivity index (χ2n) is 5.75. The lowest BCUT2D eigenvalue weighted by molar-refractivity contribution is 0.384. The van der Waals surface area contributed by atoms with Gasteiger partial charge in [-0.3, -0.25) is 4.79 Å². The van der Waals surface area contributed by atoms with Crippen molar-refractivity contribution < 1.29 is 0 Å². The lowest BCUT2D eigenvalue weighted by atomic mass is 9.99. The van der Waals surface area contributed by atoms with E-state index in [1.807, 2.05) is 32.9 Å². The number of aromatic nitrogens is 1. The summed E-state index contributed by atoms with van der Waals surface area (Å²) in [5.74, 6) is 0.